The van der Waals surface area contributed by atoms with Gasteiger partial charge in [-0.3, -0.25) is 9.69 Å². The maximum atomic E-state index is 13.1. The van der Waals surface area contributed by atoms with Crippen LogP contribution in [0.5, 0.6) is 0 Å². The Hall–Kier alpha value is -0.820. The van der Waals surface area contributed by atoms with Gasteiger partial charge in [0.2, 0.25) is 0 Å². The Bertz CT molecular complexity index is 297. The number of nitrogens with zero attached hydrogens (tertiary/aromatic N) is 1. The van der Waals surface area contributed by atoms with Crippen LogP contribution in [0.15, 0.2) is 0 Å². The molecule has 2 N–H and O–H groups in total. The number of ether oxygens (including phenoxy) is 1. The van der Waals surface area contributed by atoms with Gasteiger partial charge in [0.1, 0.15) is 12.1 Å². The number of nitrogens with two attached hydrogens (primary N) is 1. The summed E-state index contributed by atoms with van der Waals surface area (Å²) in [6.45, 7) is 2.02. The van der Waals surface area contributed by atoms with Crippen molar-refractivity contribution in [2.45, 2.75) is 50.9 Å². The average Bonchev–Trinajstić information content (AvgIpc) is 2.35. The van der Waals surface area contributed by atoms with Crippen LogP contribution < -0.4 is 5.73 Å². The van der Waals surface area contributed by atoms with Crippen LogP contribution in [0.4, 0.5) is 13.2 Å². The van der Waals surface area contributed by atoms with E-state index in [0.717, 1.165) is 6.42 Å². The van der Waals surface area contributed by atoms with E-state index in [-0.39, 0.29) is 26.1 Å². The lowest BCUT2D eigenvalue weighted by molar-refractivity contribution is -0.198. The maximum Gasteiger partial charge on any atom is 0.404 e. The maximum absolute atomic E-state index is 13.1. The lowest BCUT2D eigenvalue weighted by atomic mass is 9.98. The number of piperidine rings is 1. The fraction of sp³-hybridized carbons (Fsp3) is 0.917. The van der Waals surface area contributed by atoms with Gasteiger partial charge in [-0.25, -0.2) is 0 Å². The molecular formula is C12H21F3N2O2. The normalized spacial score (nSPS) is 23.1. The lowest BCUT2D eigenvalue weighted by Crippen LogP contribution is -2.56. The van der Waals surface area contributed by atoms with Crippen LogP contribution in [0, 0.1) is 0 Å². The molecule has 2 unspecified atom stereocenters. The molecule has 1 saturated heterocycles. The standard InChI is InChI=1S/C12H21F3N2O2/c1-2-19-11(18)9-5-3-4-8-17(9)10(6-7-16)12(13,14)15/h9-10H,2-8,16H2,1H3. The molecule has 1 aliphatic heterocycles. The van der Waals surface area contributed by atoms with E-state index in [1.54, 1.807) is 6.92 Å². The van der Waals surface area contributed by atoms with Gasteiger partial charge in [-0.05, 0) is 39.3 Å². The largest absolute Gasteiger partial charge is 0.465 e. The van der Waals surface area contributed by atoms with Gasteiger partial charge in [0.05, 0.1) is 6.61 Å². The van der Waals surface area contributed by atoms with Crippen LogP contribution in [0.2, 0.25) is 0 Å². The third-order valence-electron chi connectivity index (χ3n) is 3.32. The molecule has 1 aliphatic rings. The predicted octanol–water partition coefficient (Wildman–Crippen LogP) is 1.68. The molecule has 19 heavy (non-hydrogen) atoms. The van der Waals surface area contributed by atoms with Crippen LogP contribution in [0.1, 0.15) is 32.6 Å². The van der Waals surface area contributed by atoms with E-state index in [0.29, 0.717) is 12.8 Å². The summed E-state index contributed by atoms with van der Waals surface area (Å²) < 4.78 is 44.1. The van der Waals surface area contributed by atoms with Gasteiger partial charge in [-0.2, -0.15) is 13.2 Å². The van der Waals surface area contributed by atoms with Crippen LogP contribution in [-0.2, 0) is 9.53 Å². The molecular weight excluding hydrogens is 261 g/mol. The summed E-state index contributed by atoms with van der Waals surface area (Å²) >= 11 is 0. The summed E-state index contributed by atoms with van der Waals surface area (Å²) in [5.41, 5.74) is 5.27. The number of hydrogen-bond donors (Lipinski definition) is 1. The molecule has 2 atom stereocenters. The molecule has 0 radical (unpaired) electrons. The second-order valence-electron chi connectivity index (χ2n) is 4.64. The van der Waals surface area contributed by atoms with E-state index >= 15 is 0 Å². The highest BCUT2D eigenvalue weighted by Crippen LogP contribution is 2.32. The van der Waals surface area contributed by atoms with Crippen LogP contribution in [0.25, 0.3) is 0 Å². The van der Waals surface area contributed by atoms with Gasteiger partial charge >= 0.3 is 12.1 Å². The van der Waals surface area contributed by atoms with Crippen molar-refractivity contribution in [1.29, 1.82) is 0 Å². The van der Waals surface area contributed by atoms with Crippen molar-refractivity contribution in [3.8, 4) is 0 Å². The van der Waals surface area contributed by atoms with Crippen molar-refractivity contribution in [3.63, 3.8) is 0 Å². The fourth-order valence-corrected chi connectivity index (χ4v) is 2.49. The van der Waals surface area contributed by atoms with E-state index < -0.39 is 24.2 Å². The molecule has 0 amide bonds. The number of hydrogen-bond acceptors (Lipinski definition) is 4. The molecule has 1 heterocycles. The summed E-state index contributed by atoms with van der Waals surface area (Å²) in [4.78, 5) is 13.0. The number of alkyl halides is 3. The first kappa shape index (κ1) is 16.2. The fourth-order valence-electron chi connectivity index (χ4n) is 2.49. The van der Waals surface area contributed by atoms with Gasteiger partial charge in [0.25, 0.3) is 0 Å². The number of rotatable bonds is 5. The highest BCUT2D eigenvalue weighted by Gasteiger charge is 2.47. The Morgan fingerprint density at radius 3 is 2.68 bits per heavy atom. The van der Waals surface area contributed by atoms with Gasteiger partial charge in [0.15, 0.2) is 0 Å². The first-order valence-corrected chi connectivity index (χ1v) is 6.61. The second kappa shape index (κ2) is 7.09. The molecule has 1 rings (SSSR count). The van der Waals surface area contributed by atoms with Gasteiger partial charge in [-0.1, -0.05) is 6.42 Å². The zero-order chi connectivity index (χ0) is 14.5. The third-order valence-corrected chi connectivity index (χ3v) is 3.32. The smallest absolute Gasteiger partial charge is 0.404 e. The van der Waals surface area contributed by atoms with Crippen molar-refractivity contribution in [3.05, 3.63) is 0 Å². The number of carbonyl (C=O) groups is 1. The summed E-state index contributed by atoms with van der Waals surface area (Å²) in [6.07, 6.45) is -2.75. The van der Waals surface area contributed by atoms with E-state index in [1.807, 2.05) is 0 Å². The molecule has 0 spiro atoms. The number of esters is 1. The Labute approximate surface area is 111 Å². The van der Waals surface area contributed by atoms with Crippen molar-refractivity contribution in [2.24, 2.45) is 5.73 Å². The molecule has 0 aromatic rings. The minimum Gasteiger partial charge on any atom is -0.465 e. The van der Waals surface area contributed by atoms with Gasteiger partial charge in [-0.15, -0.1) is 0 Å². The van der Waals surface area contributed by atoms with Crippen LogP contribution in [-0.4, -0.2) is 48.8 Å². The first-order valence-electron chi connectivity index (χ1n) is 6.61. The van der Waals surface area contributed by atoms with Crippen molar-refractivity contribution in [1.82, 2.24) is 4.90 Å². The molecule has 0 aliphatic carbocycles. The number of likely N-dealkylation sites (tertiary alicyclic amines) is 1. The molecule has 0 aromatic carbocycles. The minimum atomic E-state index is -4.37. The molecule has 4 nitrogen and oxygen atoms in total. The van der Waals surface area contributed by atoms with Crippen molar-refractivity contribution >= 4 is 5.97 Å². The first-order chi connectivity index (χ1) is 8.91. The molecule has 0 aromatic heterocycles. The summed E-state index contributed by atoms with van der Waals surface area (Å²) in [5, 5.41) is 0. The van der Waals surface area contributed by atoms with E-state index in [9.17, 15) is 18.0 Å². The number of halogens is 3. The Kier molecular flexibility index (Phi) is 6.06. The van der Waals surface area contributed by atoms with Gasteiger partial charge < -0.3 is 10.5 Å². The zero-order valence-electron chi connectivity index (χ0n) is 11.1. The van der Waals surface area contributed by atoms with Crippen molar-refractivity contribution < 1.29 is 22.7 Å². The quantitative estimate of drug-likeness (QED) is 0.780. The third kappa shape index (κ3) is 4.35. The predicted molar refractivity (Wildman–Crippen MR) is 64.5 cm³/mol. The van der Waals surface area contributed by atoms with E-state index in [2.05, 4.69) is 0 Å². The van der Waals surface area contributed by atoms with E-state index in [4.69, 9.17) is 10.5 Å². The van der Waals surface area contributed by atoms with Gasteiger partial charge in [0, 0.05) is 0 Å². The number of carbonyl (C=O) groups excluding carboxylic acids is 1. The van der Waals surface area contributed by atoms with Crippen molar-refractivity contribution in [2.75, 3.05) is 19.7 Å². The molecule has 1 fully saturated rings. The Balaban J connectivity index is 2.86. The van der Waals surface area contributed by atoms with Crippen LogP contribution >= 0.6 is 0 Å². The summed E-state index contributed by atoms with van der Waals surface area (Å²) in [6, 6.07) is -2.46. The lowest BCUT2D eigenvalue weighted by Gasteiger charge is -2.40. The van der Waals surface area contributed by atoms with Crippen LogP contribution in [0.3, 0.4) is 0 Å². The summed E-state index contributed by atoms with van der Waals surface area (Å²) in [5.74, 6) is -0.562. The second-order valence-corrected chi connectivity index (χ2v) is 4.64. The molecule has 112 valence electrons. The summed E-state index contributed by atoms with van der Waals surface area (Å²) in [7, 11) is 0. The highest BCUT2D eigenvalue weighted by atomic mass is 19.4. The highest BCUT2D eigenvalue weighted by molar-refractivity contribution is 5.76. The van der Waals surface area contributed by atoms with E-state index in [1.165, 1.54) is 4.90 Å². The monoisotopic (exact) mass is 282 g/mol. The molecule has 7 heteroatoms. The minimum absolute atomic E-state index is 0.0593. The SMILES string of the molecule is CCOC(=O)C1CCCCN1C(CCN)C(F)(F)F. The Morgan fingerprint density at radius 1 is 1.47 bits per heavy atom. The molecule has 0 bridgehead atoms. The zero-order valence-corrected chi connectivity index (χ0v) is 11.1. The Morgan fingerprint density at radius 2 is 2.16 bits per heavy atom. The molecule has 0 saturated carbocycles. The topological polar surface area (TPSA) is 55.6 Å². The average molecular weight is 282 g/mol.